The van der Waals surface area contributed by atoms with Crippen LogP contribution in [0.4, 0.5) is 0 Å². The molecule has 1 amide bonds. The molecule has 0 aliphatic carbocycles. The van der Waals surface area contributed by atoms with Crippen molar-refractivity contribution >= 4 is 12.1 Å². The largest absolute Gasteiger partial charge is 0.494 e. The molecule has 2 rings (SSSR count). The quantitative estimate of drug-likeness (QED) is 0.457. The maximum absolute atomic E-state index is 12.0. The zero-order valence-electron chi connectivity index (χ0n) is 14.1. The molecule has 0 heterocycles. The van der Waals surface area contributed by atoms with E-state index in [2.05, 4.69) is 16.4 Å². The standard InChI is InChI=1S/C20H20N2O3/c1-3-13-24-18-9-5-16(6-10-18)15-21-22-20(23)17-7-11-19(12-8-17)25-14-4-2/h1,5-12,15H,4,13-14H2,2H3,(H,22,23)/b21-15+. The molecule has 25 heavy (non-hydrogen) atoms. The van der Waals surface area contributed by atoms with Crippen molar-refractivity contribution in [3.63, 3.8) is 0 Å². The molecule has 0 radical (unpaired) electrons. The molecular weight excluding hydrogens is 316 g/mol. The number of carbonyl (C=O) groups is 1. The third kappa shape index (κ3) is 6.04. The minimum atomic E-state index is -0.285. The lowest BCUT2D eigenvalue weighted by molar-refractivity contribution is 0.0955. The third-order valence-corrected chi connectivity index (χ3v) is 3.17. The van der Waals surface area contributed by atoms with Gasteiger partial charge < -0.3 is 9.47 Å². The van der Waals surface area contributed by atoms with Gasteiger partial charge in [-0.2, -0.15) is 5.10 Å². The van der Waals surface area contributed by atoms with Gasteiger partial charge in [0.2, 0.25) is 0 Å². The predicted octanol–water partition coefficient (Wildman–Crippen LogP) is 3.25. The van der Waals surface area contributed by atoms with Crippen LogP contribution in [0.5, 0.6) is 11.5 Å². The first-order valence-electron chi connectivity index (χ1n) is 7.95. The number of carbonyl (C=O) groups excluding carboxylic acids is 1. The number of terminal acetylenes is 1. The second-order valence-electron chi connectivity index (χ2n) is 5.13. The van der Waals surface area contributed by atoms with Gasteiger partial charge in [-0.25, -0.2) is 5.43 Å². The molecule has 0 saturated heterocycles. The highest BCUT2D eigenvalue weighted by atomic mass is 16.5. The van der Waals surface area contributed by atoms with Crippen molar-refractivity contribution in [2.45, 2.75) is 13.3 Å². The van der Waals surface area contributed by atoms with Crippen molar-refractivity contribution < 1.29 is 14.3 Å². The lowest BCUT2D eigenvalue weighted by atomic mass is 10.2. The molecular formula is C20H20N2O3. The highest BCUT2D eigenvalue weighted by Gasteiger charge is 2.04. The Labute approximate surface area is 147 Å². The lowest BCUT2D eigenvalue weighted by Crippen LogP contribution is -2.17. The Morgan fingerprint density at radius 2 is 1.76 bits per heavy atom. The molecule has 0 saturated carbocycles. The number of hydrogen-bond donors (Lipinski definition) is 1. The van der Waals surface area contributed by atoms with Gasteiger partial charge in [-0.1, -0.05) is 12.8 Å². The fraction of sp³-hybridized carbons (Fsp3) is 0.200. The molecule has 0 unspecified atom stereocenters. The summed E-state index contributed by atoms with van der Waals surface area (Å²) in [4.78, 5) is 12.0. The van der Waals surface area contributed by atoms with E-state index in [4.69, 9.17) is 15.9 Å². The van der Waals surface area contributed by atoms with Crippen LogP contribution in [0.25, 0.3) is 0 Å². The van der Waals surface area contributed by atoms with E-state index >= 15 is 0 Å². The van der Waals surface area contributed by atoms with E-state index in [9.17, 15) is 4.79 Å². The highest BCUT2D eigenvalue weighted by molar-refractivity contribution is 5.95. The summed E-state index contributed by atoms with van der Waals surface area (Å²) in [5, 5.41) is 3.95. The number of nitrogens with zero attached hydrogens (tertiary/aromatic N) is 1. The molecule has 0 fully saturated rings. The molecule has 5 heteroatoms. The predicted molar refractivity (Wildman–Crippen MR) is 98.1 cm³/mol. The van der Waals surface area contributed by atoms with E-state index in [-0.39, 0.29) is 12.5 Å². The molecule has 128 valence electrons. The van der Waals surface area contributed by atoms with Gasteiger partial charge in [-0.05, 0) is 60.5 Å². The maximum atomic E-state index is 12.0. The van der Waals surface area contributed by atoms with Crippen molar-refractivity contribution in [3.8, 4) is 23.8 Å². The van der Waals surface area contributed by atoms with Crippen LogP contribution in [0.15, 0.2) is 53.6 Å². The smallest absolute Gasteiger partial charge is 0.271 e. The van der Waals surface area contributed by atoms with Gasteiger partial charge >= 0.3 is 0 Å². The minimum absolute atomic E-state index is 0.228. The normalized spacial score (nSPS) is 10.2. The van der Waals surface area contributed by atoms with E-state index < -0.39 is 0 Å². The monoisotopic (exact) mass is 336 g/mol. The van der Waals surface area contributed by atoms with Crippen LogP contribution in [0.2, 0.25) is 0 Å². The van der Waals surface area contributed by atoms with Crippen LogP contribution in [0.1, 0.15) is 29.3 Å². The van der Waals surface area contributed by atoms with E-state index in [1.807, 2.05) is 19.1 Å². The first-order valence-corrected chi connectivity index (χ1v) is 7.95. The maximum Gasteiger partial charge on any atom is 0.271 e. The summed E-state index contributed by atoms with van der Waals surface area (Å²) >= 11 is 0. The fourth-order valence-corrected chi connectivity index (χ4v) is 1.93. The molecule has 0 bridgehead atoms. The number of benzene rings is 2. The Kier molecular flexibility index (Phi) is 7.08. The number of rotatable bonds is 8. The van der Waals surface area contributed by atoms with Gasteiger partial charge in [0.05, 0.1) is 12.8 Å². The minimum Gasteiger partial charge on any atom is -0.494 e. The molecule has 0 spiro atoms. The highest BCUT2D eigenvalue weighted by Crippen LogP contribution is 2.13. The number of hydrazone groups is 1. The zero-order chi connectivity index (χ0) is 17.9. The van der Waals surface area contributed by atoms with Crippen molar-refractivity contribution in [1.82, 2.24) is 5.43 Å². The third-order valence-electron chi connectivity index (χ3n) is 3.17. The van der Waals surface area contributed by atoms with Gasteiger partial charge in [0.15, 0.2) is 0 Å². The Morgan fingerprint density at radius 3 is 2.40 bits per heavy atom. The molecule has 0 aliphatic heterocycles. The number of hydrogen-bond acceptors (Lipinski definition) is 4. The van der Waals surface area contributed by atoms with Crippen LogP contribution < -0.4 is 14.9 Å². The second-order valence-corrected chi connectivity index (χ2v) is 5.13. The summed E-state index contributed by atoms with van der Waals surface area (Å²) < 4.78 is 10.8. The summed E-state index contributed by atoms with van der Waals surface area (Å²) in [6, 6.07) is 14.2. The average Bonchev–Trinajstić information content (AvgIpc) is 2.66. The van der Waals surface area contributed by atoms with E-state index in [1.54, 1.807) is 42.6 Å². The average molecular weight is 336 g/mol. The summed E-state index contributed by atoms with van der Waals surface area (Å²) in [6.45, 7) is 2.92. The Bertz CT molecular complexity index is 744. The molecule has 1 N–H and O–H groups in total. The molecule has 0 atom stereocenters. The van der Waals surface area contributed by atoms with E-state index in [0.29, 0.717) is 17.9 Å². The van der Waals surface area contributed by atoms with Gasteiger partial charge in [0.1, 0.15) is 18.1 Å². The van der Waals surface area contributed by atoms with Gasteiger partial charge in [-0.3, -0.25) is 4.79 Å². The van der Waals surface area contributed by atoms with Crippen LogP contribution in [0.3, 0.4) is 0 Å². The first-order chi connectivity index (χ1) is 12.2. The van der Waals surface area contributed by atoms with E-state index in [1.165, 1.54) is 0 Å². The first kappa shape index (κ1) is 18.1. The van der Waals surface area contributed by atoms with Crippen molar-refractivity contribution in [1.29, 1.82) is 0 Å². The van der Waals surface area contributed by atoms with E-state index in [0.717, 1.165) is 17.7 Å². The molecule has 2 aromatic carbocycles. The number of nitrogens with one attached hydrogen (secondary N) is 1. The molecule has 0 aliphatic rings. The number of ether oxygens (including phenoxy) is 2. The Hall–Kier alpha value is -3.26. The van der Waals surface area contributed by atoms with Crippen LogP contribution in [-0.2, 0) is 0 Å². The van der Waals surface area contributed by atoms with Crippen molar-refractivity contribution in [2.24, 2.45) is 5.10 Å². The molecule has 5 nitrogen and oxygen atoms in total. The van der Waals surface area contributed by atoms with Crippen molar-refractivity contribution in [2.75, 3.05) is 13.2 Å². The SMILES string of the molecule is C#CCOc1ccc(/C=N/NC(=O)c2ccc(OCCC)cc2)cc1. The van der Waals surface area contributed by atoms with Crippen molar-refractivity contribution in [3.05, 3.63) is 59.7 Å². The summed E-state index contributed by atoms with van der Waals surface area (Å²) in [5.41, 5.74) is 3.83. The van der Waals surface area contributed by atoms with Crippen LogP contribution in [0, 0.1) is 12.3 Å². The Morgan fingerprint density at radius 1 is 1.12 bits per heavy atom. The molecule has 0 aromatic heterocycles. The summed E-state index contributed by atoms with van der Waals surface area (Å²) in [7, 11) is 0. The fourth-order valence-electron chi connectivity index (χ4n) is 1.93. The van der Waals surface area contributed by atoms with Gasteiger partial charge in [-0.15, -0.1) is 6.42 Å². The van der Waals surface area contributed by atoms with Gasteiger partial charge in [0, 0.05) is 5.56 Å². The topological polar surface area (TPSA) is 59.9 Å². The summed E-state index contributed by atoms with van der Waals surface area (Å²) in [5.74, 6) is 3.55. The molecule has 2 aromatic rings. The lowest BCUT2D eigenvalue weighted by Gasteiger charge is -2.05. The second kappa shape index (κ2) is 9.78. The van der Waals surface area contributed by atoms with Gasteiger partial charge in [0.25, 0.3) is 5.91 Å². The number of amides is 1. The van der Waals surface area contributed by atoms with Crippen LogP contribution >= 0.6 is 0 Å². The van der Waals surface area contributed by atoms with Crippen LogP contribution in [-0.4, -0.2) is 25.3 Å². The zero-order valence-corrected chi connectivity index (χ0v) is 14.1. The summed E-state index contributed by atoms with van der Waals surface area (Å²) in [6.07, 6.45) is 7.63. The Balaban J connectivity index is 1.86.